The molecule has 20 heavy (non-hydrogen) atoms. The molecule has 0 saturated carbocycles. The molecule has 0 atom stereocenters. The Kier molecular flexibility index (Phi) is 3.28. The number of aromatic amines is 1. The molecule has 102 valence electrons. The van der Waals surface area contributed by atoms with Gasteiger partial charge in [-0.1, -0.05) is 23.7 Å². The van der Waals surface area contributed by atoms with E-state index in [1.165, 1.54) is 0 Å². The van der Waals surface area contributed by atoms with Crippen molar-refractivity contribution in [2.75, 3.05) is 14.2 Å². The summed E-state index contributed by atoms with van der Waals surface area (Å²) in [5.74, 6) is 1.42. The molecule has 0 aliphatic rings. The predicted molar refractivity (Wildman–Crippen MR) is 81.8 cm³/mol. The number of methoxy groups -OCH3 is 2. The smallest absolute Gasteiger partial charge is 0.161 e. The third-order valence-electron chi connectivity index (χ3n) is 3.30. The van der Waals surface area contributed by atoms with Crippen molar-refractivity contribution in [2.45, 2.75) is 0 Å². The van der Waals surface area contributed by atoms with Gasteiger partial charge in [-0.15, -0.1) is 0 Å². The lowest BCUT2D eigenvalue weighted by molar-refractivity contribution is 0.355. The first kappa shape index (κ1) is 12.9. The number of nitrogens with one attached hydrogen (secondary N) is 1. The number of aromatic nitrogens is 1. The first-order chi connectivity index (χ1) is 9.72. The van der Waals surface area contributed by atoms with Crippen molar-refractivity contribution in [2.24, 2.45) is 0 Å². The van der Waals surface area contributed by atoms with Gasteiger partial charge in [0.15, 0.2) is 11.5 Å². The molecule has 4 heteroatoms. The summed E-state index contributed by atoms with van der Waals surface area (Å²) >= 11 is 6.19. The highest BCUT2D eigenvalue weighted by Gasteiger charge is 2.09. The van der Waals surface area contributed by atoms with Crippen LogP contribution in [0.2, 0.25) is 5.02 Å². The number of H-pyrrole nitrogens is 1. The molecule has 0 bridgehead atoms. The van der Waals surface area contributed by atoms with E-state index in [-0.39, 0.29) is 0 Å². The molecule has 3 rings (SSSR count). The number of benzene rings is 2. The highest BCUT2D eigenvalue weighted by atomic mass is 35.5. The third kappa shape index (κ3) is 2.10. The van der Waals surface area contributed by atoms with Gasteiger partial charge in [-0.25, -0.2) is 0 Å². The fourth-order valence-electron chi connectivity index (χ4n) is 2.28. The molecule has 0 amide bonds. The van der Waals surface area contributed by atoms with Crippen molar-refractivity contribution in [1.82, 2.24) is 4.98 Å². The van der Waals surface area contributed by atoms with E-state index < -0.39 is 0 Å². The van der Waals surface area contributed by atoms with E-state index >= 15 is 0 Å². The monoisotopic (exact) mass is 287 g/mol. The largest absolute Gasteiger partial charge is 0.493 e. The minimum Gasteiger partial charge on any atom is -0.493 e. The number of fused-ring (bicyclic) bond motifs is 1. The zero-order valence-corrected chi connectivity index (χ0v) is 12.0. The Hall–Kier alpha value is -2.13. The van der Waals surface area contributed by atoms with Gasteiger partial charge in [0.1, 0.15) is 0 Å². The van der Waals surface area contributed by atoms with Crippen LogP contribution in [0, 0.1) is 0 Å². The second-order valence-electron chi connectivity index (χ2n) is 4.46. The molecular formula is C16H14ClNO2. The Morgan fingerprint density at radius 2 is 1.75 bits per heavy atom. The van der Waals surface area contributed by atoms with Gasteiger partial charge in [0.05, 0.1) is 24.8 Å². The van der Waals surface area contributed by atoms with Crippen LogP contribution in [0.4, 0.5) is 0 Å². The van der Waals surface area contributed by atoms with E-state index in [1.54, 1.807) is 14.2 Å². The number of para-hydroxylation sites is 1. The van der Waals surface area contributed by atoms with Crippen molar-refractivity contribution in [3.05, 3.63) is 47.5 Å². The third-order valence-corrected chi connectivity index (χ3v) is 3.61. The van der Waals surface area contributed by atoms with E-state index in [4.69, 9.17) is 21.1 Å². The lowest BCUT2D eigenvalue weighted by atomic mass is 10.1. The fourth-order valence-corrected chi connectivity index (χ4v) is 2.51. The Bertz CT molecular complexity index is 764. The Balaban J connectivity index is 2.13. The van der Waals surface area contributed by atoms with Crippen molar-refractivity contribution < 1.29 is 9.47 Å². The van der Waals surface area contributed by atoms with Gasteiger partial charge in [0.2, 0.25) is 0 Å². The van der Waals surface area contributed by atoms with E-state index in [2.05, 4.69) is 11.1 Å². The Labute approximate surface area is 122 Å². The van der Waals surface area contributed by atoms with E-state index in [1.807, 2.05) is 36.4 Å². The number of ether oxygens (including phenoxy) is 2. The molecule has 0 fully saturated rings. The van der Waals surface area contributed by atoms with Crippen LogP contribution in [0.1, 0.15) is 0 Å². The van der Waals surface area contributed by atoms with Crippen LogP contribution in [0.3, 0.4) is 0 Å². The molecule has 0 aliphatic carbocycles. The number of rotatable bonds is 3. The van der Waals surface area contributed by atoms with Gasteiger partial charge >= 0.3 is 0 Å². The van der Waals surface area contributed by atoms with E-state index in [9.17, 15) is 0 Å². The molecule has 1 N–H and O–H groups in total. The summed E-state index contributed by atoms with van der Waals surface area (Å²) in [7, 11) is 3.25. The summed E-state index contributed by atoms with van der Waals surface area (Å²) in [6.45, 7) is 0. The van der Waals surface area contributed by atoms with Crippen LogP contribution in [-0.2, 0) is 0 Å². The number of hydrogen-bond acceptors (Lipinski definition) is 2. The van der Waals surface area contributed by atoms with Gasteiger partial charge < -0.3 is 14.5 Å². The lowest BCUT2D eigenvalue weighted by Gasteiger charge is -2.08. The zero-order valence-electron chi connectivity index (χ0n) is 11.2. The summed E-state index contributed by atoms with van der Waals surface area (Å²) in [5.41, 5.74) is 2.96. The molecule has 3 nitrogen and oxygen atoms in total. The number of hydrogen-bond donors (Lipinski definition) is 1. The predicted octanol–water partition coefficient (Wildman–Crippen LogP) is 4.51. The average molecular weight is 288 g/mol. The van der Waals surface area contributed by atoms with Gasteiger partial charge in [0, 0.05) is 16.6 Å². The first-order valence-corrected chi connectivity index (χ1v) is 6.60. The quantitative estimate of drug-likeness (QED) is 0.769. The first-order valence-electron chi connectivity index (χ1n) is 6.22. The molecule has 2 aromatic carbocycles. The summed E-state index contributed by atoms with van der Waals surface area (Å²) in [6.07, 6.45) is 0. The molecule has 3 aromatic rings. The van der Waals surface area contributed by atoms with Crippen LogP contribution in [0.25, 0.3) is 22.2 Å². The maximum atomic E-state index is 6.19. The van der Waals surface area contributed by atoms with E-state index in [0.29, 0.717) is 16.5 Å². The zero-order chi connectivity index (χ0) is 14.1. The highest BCUT2D eigenvalue weighted by molar-refractivity contribution is 6.35. The van der Waals surface area contributed by atoms with Crippen LogP contribution in [-0.4, -0.2) is 19.2 Å². The summed E-state index contributed by atoms with van der Waals surface area (Å²) in [6, 6.07) is 13.7. The van der Waals surface area contributed by atoms with Crippen molar-refractivity contribution >= 4 is 22.5 Å². The van der Waals surface area contributed by atoms with Crippen molar-refractivity contribution in [3.8, 4) is 22.8 Å². The van der Waals surface area contributed by atoms with E-state index in [0.717, 1.165) is 22.2 Å². The molecule has 0 aliphatic heterocycles. The van der Waals surface area contributed by atoms with Crippen molar-refractivity contribution in [1.29, 1.82) is 0 Å². The van der Waals surface area contributed by atoms with Crippen molar-refractivity contribution in [3.63, 3.8) is 0 Å². The maximum Gasteiger partial charge on any atom is 0.161 e. The molecule has 0 unspecified atom stereocenters. The van der Waals surface area contributed by atoms with Crippen LogP contribution >= 0.6 is 11.6 Å². The molecule has 0 radical (unpaired) electrons. The van der Waals surface area contributed by atoms with Gasteiger partial charge in [0.25, 0.3) is 0 Å². The van der Waals surface area contributed by atoms with Crippen LogP contribution in [0.5, 0.6) is 11.5 Å². The summed E-state index contributed by atoms with van der Waals surface area (Å²) < 4.78 is 10.6. The average Bonchev–Trinajstić information content (AvgIpc) is 2.92. The minimum absolute atomic E-state index is 0.703. The molecule has 0 saturated heterocycles. The van der Waals surface area contributed by atoms with Crippen LogP contribution in [0.15, 0.2) is 42.5 Å². The Morgan fingerprint density at radius 1 is 0.950 bits per heavy atom. The SMILES string of the molecule is COc1ccc(-c2cc3cccc(Cl)c3[nH]2)cc1OC. The molecule has 0 spiro atoms. The van der Waals surface area contributed by atoms with Gasteiger partial charge in [-0.3, -0.25) is 0 Å². The lowest BCUT2D eigenvalue weighted by Crippen LogP contribution is -1.90. The second kappa shape index (κ2) is 5.10. The second-order valence-corrected chi connectivity index (χ2v) is 4.86. The number of halogens is 1. The topological polar surface area (TPSA) is 34.2 Å². The fraction of sp³-hybridized carbons (Fsp3) is 0.125. The summed E-state index contributed by atoms with van der Waals surface area (Å²) in [4.78, 5) is 3.34. The summed E-state index contributed by atoms with van der Waals surface area (Å²) in [5, 5.41) is 1.80. The van der Waals surface area contributed by atoms with Gasteiger partial charge in [-0.05, 0) is 30.3 Å². The Morgan fingerprint density at radius 3 is 2.45 bits per heavy atom. The standard InChI is InChI=1S/C16H14ClNO2/c1-19-14-7-6-10(9-15(14)20-2)13-8-11-4-3-5-12(17)16(11)18-13/h3-9,18H,1-2H3. The molecule has 1 aromatic heterocycles. The minimum atomic E-state index is 0.703. The van der Waals surface area contributed by atoms with Crippen LogP contribution < -0.4 is 9.47 Å². The highest BCUT2D eigenvalue weighted by Crippen LogP contribution is 2.34. The maximum absolute atomic E-state index is 6.19. The normalized spacial score (nSPS) is 10.8. The molecular weight excluding hydrogens is 274 g/mol. The van der Waals surface area contributed by atoms with Gasteiger partial charge in [-0.2, -0.15) is 0 Å². The molecule has 1 heterocycles.